The highest BCUT2D eigenvalue weighted by Gasteiger charge is 2.10. The Bertz CT molecular complexity index is 1040. The largest absolute Gasteiger partial charge is 0.372 e. The molecule has 0 aliphatic rings. The minimum absolute atomic E-state index is 0.0729. The number of nitriles is 1. The third-order valence-electron chi connectivity index (χ3n) is 4.71. The van der Waals surface area contributed by atoms with Crippen LogP contribution in [0.1, 0.15) is 19.4 Å². The minimum atomic E-state index is -0.411. The first-order valence-electron chi connectivity index (χ1n) is 9.41. The maximum absolute atomic E-state index is 12.5. The Morgan fingerprint density at radius 1 is 1.00 bits per heavy atom. The van der Waals surface area contributed by atoms with Crippen molar-refractivity contribution in [3.05, 3.63) is 77.9 Å². The summed E-state index contributed by atoms with van der Waals surface area (Å²) in [6.45, 7) is 6.09. The molecule has 0 aliphatic carbocycles. The van der Waals surface area contributed by atoms with Gasteiger partial charge in [0, 0.05) is 24.5 Å². The molecule has 0 unspecified atom stereocenters. The number of carbonyl (C=O) groups is 1. The van der Waals surface area contributed by atoms with Gasteiger partial charge in [-0.1, -0.05) is 42.5 Å². The van der Waals surface area contributed by atoms with Gasteiger partial charge in [0.2, 0.25) is 0 Å². The smallest absolute Gasteiger partial charge is 0.266 e. The maximum Gasteiger partial charge on any atom is 0.266 e. The number of hydrogen-bond acceptors (Lipinski definition) is 3. The molecule has 4 heteroatoms. The van der Waals surface area contributed by atoms with Gasteiger partial charge >= 0.3 is 0 Å². The monoisotopic (exact) mass is 369 g/mol. The van der Waals surface area contributed by atoms with Crippen LogP contribution in [0.4, 0.5) is 11.4 Å². The van der Waals surface area contributed by atoms with E-state index < -0.39 is 5.91 Å². The van der Waals surface area contributed by atoms with Gasteiger partial charge in [0.25, 0.3) is 5.91 Å². The highest BCUT2D eigenvalue weighted by Crippen LogP contribution is 2.20. The van der Waals surface area contributed by atoms with Crippen molar-refractivity contribution < 1.29 is 4.79 Å². The predicted octanol–water partition coefficient (Wildman–Crippen LogP) is 5.23. The summed E-state index contributed by atoms with van der Waals surface area (Å²) in [5, 5.41) is 14.4. The molecule has 0 heterocycles. The van der Waals surface area contributed by atoms with Crippen LogP contribution in [0.5, 0.6) is 0 Å². The maximum atomic E-state index is 12.5. The summed E-state index contributed by atoms with van der Waals surface area (Å²) in [5.74, 6) is -0.411. The van der Waals surface area contributed by atoms with Gasteiger partial charge < -0.3 is 10.2 Å². The Labute approximate surface area is 165 Å². The molecule has 0 spiro atoms. The molecule has 0 aromatic heterocycles. The van der Waals surface area contributed by atoms with E-state index in [1.165, 1.54) is 0 Å². The second-order valence-electron chi connectivity index (χ2n) is 6.45. The second kappa shape index (κ2) is 8.88. The molecule has 0 bridgehead atoms. The van der Waals surface area contributed by atoms with E-state index in [2.05, 4.69) is 24.1 Å². The fourth-order valence-electron chi connectivity index (χ4n) is 3.15. The fourth-order valence-corrected chi connectivity index (χ4v) is 3.15. The van der Waals surface area contributed by atoms with Crippen LogP contribution in [0, 0.1) is 11.3 Å². The zero-order valence-corrected chi connectivity index (χ0v) is 16.1. The summed E-state index contributed by atoms with van der Waals surface area (Å²) in [4.78, 5) is 14.8. The van der Waals surface area contributed by atoms with E-state index in [1.807, 2.05) is 72.8 Å². The minimum Gasteiger partial charge on any atom is -0.372 e. The van der Waals surface area contributed by atoms with Gasteiger partial charge in [-0.2, -0.15) is 5.26 Å². The Hall–Kier alpha value is -3.58. The Balaban J connectivity index is 1.77. The summed E-state index contributed by atoms with van der Waals surface area (Å²) >= 11 is 0. The van der Waals surface area contributed by atoms with E-state index in [0.29, 0.717) is 5.69 Å². The van der Waals surface area contributed by atoms with Crippen LogP contribution < -0.4 is 10.2 Å². The Morgan fingerprint density at radius 2 is 1.68 bits per heavy atom. The van der Waals surface area contributed by atoms with Gasteiger partial charge in [-0.05, 0) is 60.5 Å². The number of fused-ring (bicyclic) bond motifs is 1. The van der Waals surface area contributed by atoms with Crippen molar-refractivity contribution in [3.8, 4) is 6.07 Å². The Morgan fingerprint density at radius 3 is 2.32 bits per heavy atom. The molecule has 3 aromatic rings. The molecule has 1 amide bonds. The van der Waals surface area contributed by atoms with Crippen LogP contribution in [0.2, 0.25) is 0 Å². The van der Waals surface area contributed by atoms with Gasteiger partial charge in [0.15, 0.2) is 0 Å². The summed E-state index contributed by atoms with van der Waals surface area (Å²) in [5.41, 5.74) is 2.69. The number of carbonyl (C=O) groups excluding carboxylic acids is 1. The van der Waals surface area contributed by atoms with E-state index in [9.17, 15) is 10.1 Å². The molecule has 3 aromatic carbocycles. The molecule has 1 N–H and O–H groups in total. The van der Waals surface area contributed by atoms with Crippen LogP contribution in [-0.2, 0) is 4.79 Å². The quantitative estimate of drug-likeness (QED) is 0.478. The van der Waals surface area contributed by atoms with Crippen molar-refractivity contribution in [2.45, 2.75) is 13.8 Å². The molecule has 140 valence electrons. The molecule has 0 atom stereocenters. The fraction of sp³-hybridized carbons (Fsp3) is 0.167. The first kappa shape index (κ1) is 19.2. The first-order chi connectivity index (χ1) is 13.6. The SMILES string of the molecule is CCN(CC)c1ccc(/C=C(\C#N)C(=O)Nc2ccc3ccccc3c2)cc1. The number of nitrogens with zero attached hydrogens (tertiary/aromatic N) is 2. The molecule has 4 nitrogen and oxygen atoms in total. The van der Waals surface area contributed by atoms with Gasteiger partial charge in [0.05, 0.1) is 0 Å². The zero-order chi connectivity index (χ0) is 19.9. The first-order valence-corrected chi connectivity index (χ1v) is 9.41. The van der Waals surface area contributed by atoms with Crippen molar-refractivity contribution in [1.29, 1.82) is 5.26 Å². The lowest BCUT2D eigenvalue weighted by molar-refractivity contribution is -0.112. The molecule has 0 saturated carbocycles. The molecule has 28 heavy (non-hydrogen) atoms. The van der Waals surface area contributed by atoms with Crippen molar-refractivity contribution in [2.24, 2.45) is 0 Å². The number of benzene rings is 3. The van der Waals surface area contributed by atoms with Crippen LogP contribution in [0.25, 0.3) is 16.8 Å². The number of rotatable bonds is 6. The lowest BCUT2D eigenvalue weighted by Gasteiger charge is -2.20. The topological polar surface area (TPSA) is 56.1 Å². The second-order valence-corrected chi connectivity index (χ2v) is 6.45. The van der Waals surface area contributed by atoms with E-state index in [0.717, 1.165) is 35.1 Å². The van der Waals surface area contributed by atoms with E-state index >= 15 is 0 Å². The molecule has 0 aliphatic heterocycles. The zero-order valence-electron chi connectivity index (χ0n) is 16.1. The predicted molar refractivity (Wildman–Crippen MR) is 116 cm³/mol. The lowest BCUT2D eigenvalue weighted by Crippen LogP contribution is -2.21. The third-order valence-corrected chi connectivity index (χ3v) is 4.71. The van der Waals surface area contributed by atoms with Crippen molar-refractivity contribution >= 4 is 34.1 Å². The van der Waals surface area contributed by atoms with Gasteiger partial charge in [-0.25, -0.2) is 0 Å². The number of anilines is 2. The molecular weight excluding hydrogens is 346 g/mol. The molecule has 3 rings (SSSR count). The third kappa shape index (κ3) is 4.39. The summed E-state index contributed by atoms with van der Waals surface area (Å²) in [6.07, 6.45) is 1.61. The van der Waals surface area contributed by atoms with Gasteiger partial charge in [-0.3, -0.25) is 4.79 Å². The molecule has 0 saturated heterocycles. The number of nitrogens with one attached hydrogen (secondary N) is 1. The van der Waals surface area contributed by atoms with Gasteiger partial charge in [0.1, 0.15) is 11.6 Å². The van der Waals surface area contributed by atoms with Crippen molar-refractivity contribution in [2.75, 3.05) is 23.3 Å². The highest BCUT2D eigenvalue weighted by molar-refractivity contribution is 6.10. The normalized spacial score (nSPS) is 11.1. The summed E-state index contributed by atoms with van der Waals surface area (Å²) in [6, 6.07) is 23.5. The lowest BCUT2D eigenvalue weighted by atomic mass is 10.1. The molecule has 0 fully saturated rings. The van der Waals surface area contributed by atoms with Crippen molar-refractivity contribution in [1.82, 2.24) is 0 Å². The average Bonchev–Trinajstić information content (AvgIpc) is 2.73. The van der Waals surface area contributed by atoms with Gasteiger partial charge in [-0.15, -0.1) is 0 Å². The van der Waals surface area contributed by atoms with Crippen LogP contribution in [0.3, 0.4) is 0 Å². The molecular formula is C24H23N3O. The van der Waals surface area contributed by atoms with E-state index in [1.54, 1.807) is 6.08 Å². The highest BCUT2D eigenvalue weighted by atomic mass is 16.1. The van der Waals surface area contributed by atoms with Crippen LogP contribution in [-0.4, -0.2) is 19.0 Å². The standard InChI is InChI=1S/C24H23N3O/c1-3-27(4-2)23-13-9-18(10-14-23)15-21(17-25)24(28)26-22-12-11-19-7-5-6-8-20(19)16-22/h5-16H,3-4H2,1-2H3,(H,26,28)/b21-15+. The Kier molecular flexibility index (Phi) is 6.08. The summed E-state index contributed by atoms with van der Waals surface area (Å²) < 4.78 is 0. The average molecular weight is 369 g/mol. The summed E-state index contributed by atoms with van der Waals surface area (Å²) in [7, 11) is 0. The van der Waals surface area contributed by atoms with E-state index in [4.69, 9.17) is 0 Å². The molecule has 0 radical (unpaired) electrons. The van der Waals surface area contributed by atoms with Crippen LogP contribution >= 0.6 is 0 Å². The number of amides is 1. The number of hydrogen-bond donors (Lipinski definition) is 1. The van der Waals surface area contributed by atoms with Crippen molar-refractivity contribution in [3.63, 3.8) is 0 Å². The van der Waals surface area contributed by atoms with E-state index in [-0.39, 0.29) is 5.57 Å². The van der Waals surface area contributed by atoms with Crippen LogP contribution in [0.15, 0.2) is 72.3 Å².